The molecule has 0 spiro atoms. The standard InChI is InChI=1S/C12H23N3O3/c1-3-12(2,10(13)14-18)11(17)15-6-4-9(8-15)5-7-16/h9,16,18H,3-8H2,1-2H3,(H2,13,14). The molecule has 2 atom stereocenters. The Morgan fingerprint density at radius 2 is 2.28 bits per heavy atom. The van der Waals surface area contributed by atoms with Gasteiger partial charge >= 0.3 is 0 Å². The fourth-order valence-electron chi connectivity index (χ4n) is 2.34. The van der Waals surface area contributed by atoms with Gasteiger partial charge in [0.1, 0.15) is 5.41 Å². The monoisotopic (exact) mass is 257 g/mol. The number of rotatable bonds is 5. The van der Waals surface area contributed by atoms with Crippen LogP contribution in [0.25, 0.3) is 0 Å². The number of aliphatic hydroxyl groups excluding tert-OH is 1. The minimum atomic E-state index is -0.942. The molecule has 0 aromatic heterocycles. The molecule has 18 heavy (non-hydrogen) atoms. The largest absolute Gasteiger partial charge is 0.409 e. The van der Waals surface area contributed by atoms with E-state index in [0.717, 1.165) is 12.8 Å². The number of aliphatic hydroxyl groups is 1. The quantitative estimate of drug-likeness (QED) is 0.287. The second kappa shape index (κ2) is 6.04. The van der Waals surface area contributed by atoms with Crippen molar-refractivity contribution < 1.29 is 15.1 Å². The van der Waals surface area contributed by atoms with Crippen molar-refractivity contribution in [1.29, 1.82) is 0 Å². The fraction of sp³-hybridized carbons (Fsp3) is 0.833. The summed E-state index contributed by atoms with van der Waals surface area (Å²) in [5.74, 6) is 0.216. The summed E-state index contributed by atoms with van der Waals surface area (Å²) < 4.78 is 0. The third kappa shape index (κ3) is 2.75. The number of oxime groups is 1. The molecule has 1 heterocycles. The lowest BCUT2D eigenvalue weighted by Crippen LogP contribution is -2.48. The third-order valence-corrected chi connectivity index (χ3v) is 3.96. The van der Waals surface area contributed by atoms with Gasteiger partial charge in [0.05, 0.1) is 0 Å². The van der Waals surface area contributed by atoms with E-state index in [2.05, 4.69) is 5.16 Å². The molecule has 1 aliphatic heterocycles. The molecule has 0 aromatic carbocycles. The van der Waals surface area contributed by atoms with Gasteiger partial charge in [0.15, 0.2) is 5.84 Å². The molecule has 0 radical (unpaired) electrons. The van der Waals surface area contributed by atoms with E-state index in [9.17, 15) is 4.79 Å². The SMILES string of the molecule is CCC(C)(C(=O)N1CCC(CCO)C1)C(N)=NO. The van der Waals surface area contributed by atoms with Crippen LogP contribution in [0.5, 0.6) is 0 Å². The van der Waals surface area contributed by atoms with Gasteiger partial charge in [-0.3, -0.25) is 4.79 Å². The normalized spacial score (nSPS) is 24.1. The zero-order chi connectivity index (χ0) is 13.8. The minimum absolute atomic E-state index is 0.0411. The highest BCUT2D eigenvalue weighted by atomic mass is 16.4. The van der Waals surface area contributed by atoms with Gasteiger partial charge in [-0.15, -0.1) is 0 Å². The molecule has 0 saturated carbocycles. The Bertz CT molecular complexity index is 333. The first-order valence-electron chi connectivity index (χ1n) is 6.37. The van der Waals surface area contributed by atoms with Crippen LogP contribution in [-0.4, -0.2) is 46.7 Å². The highest BCUT2D eigenvalue weighted by Crippen LogP contribution is 2.29. The number of hydrogen-bond donors (Lipinski definition) is 3. The van der Waals surface area contributed by atoms with Gasteiger partial charge in [0.25, 0.3) is 0 Å². The Balaban J connectivity index is 2.75. The molecule has 104 valence electrons. The number of nitrogens with two attached hydrogens (primary N) is 1. The fourth-order valence-corrected chi connectivity index (χ4v) is 2.34. The topological polar surface area (TPSA) is 99.2 Å². The van der Waals surface area contributed by atoms with Gasteiger partial charge in [0, 0.05) is 19.7 Å². The number of nitrogens with zero attached hydrogens (tertiary/aromatic N) is 2. The van der Waals surface area contributed by atoms with Gasteiger partial charge in [-0.05, 0) is 32.1 Å². The molecule has 6 heteroatoms. The van der Waals surface area contributed by atoms with Gasteiger partial charge in [0.2, 0.25) is 5.91 Å². The first kappa shape index (κ1) is 14.8. The number of hydrogen-bond acceptors (Lipinski definition) is 4. The van der Waals surface area contributed by atoms with Crippen molar-refractivity contribution in [3.63, 3.8) is 0 Å². The molecule has 4 N–H and O–H groups in total. The highest BCUT2D eigenvalue weighted by molar-refractivity contribution is 6.06. The van der Waals surface area contributed by atoms with Crippen LogP contribution in [0.4, 0.5) is 0 Å². The molecule has 2 unspecified atom stereocenters. The Labute approximate surface area is 107 Å². The van der Waals surface area contributed by atoms with Crippen LogP contribution < -0.4 is 5.73 Å². The van der Waals surface area contributed by atoms with Gasteiger partial charge in [-0.25, -0.2) is 0 Å². The molecule has 1 saturated heterocycles. The lowest BCUT2D eigenvalue weighted by molar-refractivity contribution is -0.137. The van der Waals surface area contributed by atoms with Crippen LogP contribution in [0.1, 0.15) is 33.1 Å². The van der Waals surface area contributed by atoms with Crippen LogP contribution in [0.2, 0.25) is 0 Å². The first-order chi connectivity index (χ1) is 8.49. The van der Waals surface area contributed by atoms with Crippen molar-refractivity contribution in [2.45, 2.75) is 33.1 Å². The summed E-state index contributed by atoms with van der Waals surface area (Å²) in [6.07, 6.45) is 2.11. The summed E-state index contributed by atoms with van der Waals surface area (Å²) in [6.45, 7) is 5.02. The van der Waals surface area contributed by atoms with Crippen molar-refractivity contribution in [3.05, 3.63) is 0 Å². The molecule has 0 aliphatic carbocycles. The predicted octanol–water partition coefficient (Wildman–Crippen LogP) is 0.380. The number of amides is 1. The summed E-state index contributed by atoms with van der Waals surface area (Å²) in [6, 6.07) is 0. The van der Waals surface area contributed by atoms with Crippen molar-refractivity contribution in [3.8, 4) is 0 Å². The lowest BCUT2D eigenvalue weighted by Gasteiger charge is -2.30. The molecular weight excluding hydrogens is 234 g/mol. The molecule has 0 aromatic rings. The van der Waals surface area contributed by atoms with E-state index in [1.165, 1.54) is 0 Å². The third-order valence-electron chi connectivity index (χ3n) is 3.96. The Hall–Kier alpha value is -1.30. The predicted molar refractivity (Wildman–Crippen MR) is 68.2 cm³/mol. The average Bonchev–Trinajstić information content (AvgIpc) is 2.84. The smallest absolute Gasteiger partial charge is 0.236 e. The van der Waals surface area contributed by atoms with E-state index in [1.807, 2.05) is 6.92 Å². The lowest BCUT2D eigenvalue weighted by atomic mass is 9.84. The van der Waals surface area contributed by atoms with Crippen molar-refractivity contribution in [2.24, 2.45) is 22.2 Å². The van der Waals surface area contributed by atoms with Crippen LogP contribution >= 0.6 is 0 Å². The van der Waals surface area contributed by atoms with Crippen LogP contribution in [0.15, 0.2) is 5.16 Å². The summed E-state index contributed by atoms with van der Waals surface area (Å²) in [7, 11) is 0. The summed E-state index contributed by atoms with van der Waals surface area (Å²) in [4.78, 5) is 14.2. The minimum Gasteiger partial charge on any atom is -0.409 e. The number of carbonyl (C=O) groups is 1. The summed E-state index contributed by atoms with van der Waals surface area (Å²) in [5.41, 5.74) is 4.69. The number of carbonyl (C=O) groups excluding carboxylic acids is 1. The molecular formula is C12H23N3O3. The van der Waals surface area contributed by atoms with Crippen molar-refractivity contribution >= 4 is 11.7 Å². The van der Waals surface area contributed by atoms with Gasteiger partial charge in [-0.1, -0.05) is 12.1 Å². The summed E-state index contributed by atoms with van der Waals surface area (Å²) >= 11 is 0. The Morgan fingerprint density at radius 1 is 1.61 bits per heavy atom. The summed E-state index contributed by atoms with van der Waals surface area (Å²) in [5, 5.41) is 20.7. The van der Waals surface area contributed by atoms with E-state index < -0.39 is 5.41 Å². The van der Waals surface area contributed by atoms with E-state index in [1.54, 1.807) is 11.8 Å². The maximum atomic E-state index is 12.4. The van der Waals surface area contributed by atoms with E-state index in [0.29, 0.717) is 25.4 Å². The first-order valence-corrected chi connectivity index (χ1v) is 6.37. The van der Waals surface area contributed by atoms with Gasteiger partial charge in [-0.2, -0.15) is 0 Å². The van der Waals surface area contributed by atoms with Crippen LogP contribution in [0, 0.1) is 11.3 Å². The van der Waals surface area contributed by atoms with E-state index >= 15 is 0 Å². The van der Waals surface area contributed by atoms with Crippen LogP contribution in [-0.2, 0) is 4.79 Å². The highest BCUT2D eigenvalue weighted by Gasteiger charge is 2.41. The van der Waals surface area contributed by atoms with Crippen LogP contribution in [0.3, 0.4) is 0 Å². The van der Waals surface area contributed by atoms with Gasteiger partial charge < -0.3 is 20.9 Å². The van der Waals surface area contributed by atoms with E-state index in [4.69, 9.17) is 16.0 Å². The zero-order valence-electron chi connectivity index (χ0n) is 11.1. The number of likely N-dealkylation sites (tertiary alicyclic amines) is 1. The van der Waals surface area contributed by atoms with Crippen molar-refractivity contribution in [2.75, 3.05) is 19.7 Å². The second-order valence-electron chi connectivity index (χ2n) is 5.09. The zero-order valence-corrected chi connectivity index (χ0v) is 11.1. The maximum absolute atomic E-state index is 12.4. The molecule has 1 rings (SSSR count). The molecule has 1 amide bonds. The molecule has 1 aliphatic rings. The number of amidine groups is 1. The molecule has 1 fully saturated rings. The Kier molecular flexibility index (Phi) is 4.95. The molecule has 0 bridgehead atoms. The van der Waals surface area contributed by atoms with E-state index in [-0.39, 0.29) is 18.3 Å². The maximum Gasteiger partial charge on any atom is 0.236 e. The molecule has 6 nitrogen and oxygen atoms in total. The Morgan fingerprint density at radius 3 is 2.78 bits per heavy atom. The second-order valence-corrected chi connectivity index (χ2v) is 5.09. The van der Waals surface area contributed by atoms with Crippen molar-refractivity contribution in [1.82, 2.24) is 4.90 Å². The average molecular weight is 257 g/mol.